The number of hydrogen-bond acceptors (Lipinski definition) is 4. The van der Waals surface area contributed by atoms with E-state index in [0.717, 1.165) is 18.3 Å². The summed E-state index contributed by atoms with van der Waals surface area (Å²) in [6, 6.07) is 4.02. The fourth-order valence-corrected chi connectivity index (χ4v) is 1.70. The summed E-state index contributed by atoms with van der Waals surface area (Å²) >= 11 is 0. The molecule has 0 aliphatic carbocycles. The van der Waals surface area contributed by atoms with Crippen molar-refractivity contribution < 1.29 is 9.50 Å². The predicted molar refractivity (Wildman–Crippen MR) is 64.5 cm³/mol. The quantitative estimate of drug-likeness (QED) is 0.777. The Morgan fingerprint density at radius 2 is 2.22 bits per heavy atom. The van der Waals surface area contributed by atoms with Crippen molar-refractivity contribution in [1.29, 1.82) is 0 Å². The van der Waals surface area contributed by atoms with Crippen molar-refractivity contribution in [3.63, 3.8) is 0 Å². The number of aromatic hydroxyl groups is 1. The lowest BCUT2D eigenvalue weighted by atomic mass is 10.2. The van der Waals surface area contributed by atoms with Crippen LogP contribution < -0.4 is 5.32 Å². The molecule has 0 aliphatic heterocycles. The molecule has 0 aliphatic rings. The monoisotopic (exact) mass is 250 g/mol. The Morgan fingerprint density at radius 3 is 2.89 bits per heavy atom. The summed E-state index contributed by atoms with van der Waals surface area (Å²) in [6.45, 7) is 1.22. The first-order valence-corrected chi connectivity index (χ1v) is 5.67. The molecule has 0 saturated carbocycles. The first kappa shape index (κ1) is 12.5. The van der Waals surface area contributed by atoms with Gasteiger partial charge in [0.15, 0.2) is 0 Å². The smallest absolute Gasteiger partial charge is 0.133 e. The number of phenolic OH excluding ortho intramolecular Hbond substituents is 1. The first-order valence-electron chi connectivity index (χ1n) is 5.67. The number of aromatic nitrogens is 3. The Labute approximate surface area is 104 Å². The second kappa shape index (κ2) is 5.59. The molecular weight excluding hydrogens is 235 g/mol. The minimum atomic E-state index is -0.430. The number of phenols is 1. The molecule has 2 N–H and O–H groups in total. The zero-order valence-electron chi connectivity index (χ0n) is 10.1. The van der Waals surface area contributed by atoms with E-state index >= 15 is 0 Å². The zero-order chi connectivity index (χ0) is 13.0. The fourth-order valence-electron chi connectivity index (χ4n) is 1.70. The van der Waals surface area contributed by atoms with E-state index in [1.807, 2.05) is 11.6 Å². The third-order valence-corrected chi connectivity index (χ3v) is 2.60. The normalized spacial score (nSPS) is 10.8. The summed E-state index contributed by atoms with van der Waals surface area (Å²) in [4.78, 5) is 0. The van der Waals surface area contributed by atoms with Crippen LogP contribution in [0.1, 0.15) is 11.4 Å². The van der Waals surface area contributed by atoms with Crippen molar-refractivity contribution in [3.05, 3.63) is 41.7 Å². The summed E-state index contributed by atoms with van der Waals surface area (Å²) in [6.07, 6.45) is 2.40. The van der Waals surface area contributed by atoms with E-state index in [1.54, 1.807) is 12.4 Å². The molecule has 96 valence electrons. The van der Waals surface area contributed by atoms with Crippen LogP contribution in [0.2, 0.25) is 0 Å². The fraction of sp³-hybridized carbons (Fsp3) is 0.333. The maximum atomic E-state index is 13.0. The summed E-state index contributed by atoms with van der Waals surface area (Å²) in [7, 11) is 1.89. The van der Waals surface area contributed by atoms with Gasteiger partial charge in [-0.1, -0.05) is 0 Å². The molecule has 1 heterocycles. The average Bonchev–Trinajstić information content (AvgIpc) is 2.69. The molecule has 0 spiro atoms. The summed E-state index contributed by atoms with van der Waals surface area (Å²) in [5, 5.41) is 20.2. The van der Waals surface area contributed by atoms with Gasteiger partial charge in [-0.3, -0.25) is 0 Å². The molecule has 1 aromatic heterocycles. The van der Waals surface area contributed by atoms with Crippen molar-refractivity contribution in [2.24, 2.45) is 7.05 Å². The van der Waals surface area contributed by atoms with Gasteiger partial charge in [-0.2, -0.15) is 0 Å². The summed E-state index contributed by atoms with van der Waals surface area (Å²) < 4.78 is 14.9. The van der Waals surface area contributed by atoms with Crippen LogP contribution in [0.3, 0.4) is 0 Å². The molecule has 0 fully saturated rings. The van der Waals surface area contributed by atoms with Crippen molar-refractivity contribution in [1.82, 2.24) is 20.1 Å². The summed E-state index contributed by atoms with van der Waals surface area (Å²) in [5.74, 6) is 0.407. The van der Waals surface area contributed by atoms with Gasteiger partial charge in [-0.15, -0.1) is 10.2 Å². The SMILES string of the molecule is Cn1cnnc1CCNCc1cc(O)cc(F)c1. The number of nitrogens with zero attached hydrogens (tertiary/aromatic N) is 3. The predicted octanol–water partition coefficient (Wildman–Crippen LogP) is 0.992. The molecule has 0 atom stereocenters. The molecule has 0 bridgehead atoms. The van der Waals surface area contributed by atoms with Crippen molar-refractivity contribution >= 4 is 0 Å². The van der Waals surface area contributed by atoms with E-state index in [2.05, 4.69) is 15.5 Å². The second-order valence-corrected chi connectivity index (χ2v) is 4.10. The molecule has 0 unspecified atom stereocenters. The van der Waals surface area contributed by atoms with Gasteiger partial charge in [-0.05, 0) is 17.7 Å². The van der Waals surface area contributed by atoms with Gasteiger partial charge >= 0.3 is 0 Å². The lowest BCUT2D eigenvalue weighted by Crippen LogP contribution is -2.18. The number of aryl methyl sites for hydroxylation is 1. The van der Waals surface area contributed by atoms with Gasteiger partial charge in [0.05, 0.1) is 0 Å². The molecule has 0 radical (unpaired) electrons. The second-order valence-electron chi connectivity index (χ2n) is 4.10. The Kier molecular flexibility index (Phi) is 3.88. The number of nitrogens with one attached hydrogen (secondary N) is 1. The summed E-state index contributed by atoms with van der Waals surface area (Å²) in [5.41, 5.74) is 0.713. The van der Waals surface area contributed by atoms with Crippen LogP contribution in [0.25, 0.3) is 0 Å². The number of halogens is 1. The van der Waals surface area contributed by atoms with Gasteiger partial charge in [-0.25, -0.2) is 4.39 Å². The molecule has 18 heavy (non-hydrogen) atoms. The van der Waals surface area contributed by atoms with Gasteiger partial charge in [0.25, 0.3) is 0 Å². The highest BCUT2D eigenvalue weighted by Crippen LogP contribution is 2.14. The zero-order valence-corrected chi connectivity index (χ0v) is 10.1. The molecule has 5 nitrogen and oxygen atoms in total. The third kappa shape index (κ3) is 3.27. The largest absolute Gasteiger partial charge is 0.508 e. The lowest BCUT2D eigenvalue weighted by Gasteiger charge is -2.05. The first-order chi connectivity index (χ1) is 8.65. The minimum Gasteiger partial charge on any atom is -0.508 e. The van der Waals surface area contributed by atoms with Gasteiger partial charge < -0.3 is 15.0 Å². The average molecular weight is 250 g/mol. The highest BCUT2D eigenvalue weighted by Gasteiger charge is 2.01. The van der Waals surface area contributed by atoms with Crippen molar-refractivity contribution in [3.8, 4) is 5.75 Å². The third-order valence-electron chi connectivity index (χ3n) is 2.60. The van der Waals surface area contributed by atoms with Crippen LogP contribution in [0.15, 0.2) is 24.5 Å². The van der Waals surface area contributed by atoms with Crippen LogP contribution in [0.5, 0.6) is 5.75 Å². The number of rotatable bonds is 5. The maximum absolute atomic E-state index is 13.0. The van der Waals surface area contributed by atoms with E-state index < -0.39 is 5.82 Å². The van der Waals surface area contributed by atoms with Crippen LogP contribution in [-0.4, -0.2) is 26.4 Å². The minimum absolute atomic E-state index is 0.0555. The molecule has 2 rings (SSSR count). The topological polar surface area (TPSA) is 63.0 Å². The Hall–Kier alpha value is -1.95. The van der Waals surface area contributed by atoms with Gasteiger partial charge in [0, 0.05) is 32.6 Å². The highest BCUT2D eigenvalue weighted by molar-refractivity contribution is 5.28. The Balaban J connectivity index is 1.80. The highest BCUT2D eigenvalue weighted by atomic mass is 19.1. The molecular formula is C12H15FN4O. The number of benzene rings is 1. The van der Waals surface area contributed by atoms with E-state index in [-0.39, 0.29) is 5.75 Å². The molecule has 0 amide bonds. The Morgan fingerprint density at radius 1 is 1.39 bits per heavy atom. The van der Waals surface area contributed by atoms with Crippen molar-refractivity contribution in [2.75, 3.05) is 6.54 Å². The van der Waals surface area contributed by atoms with Crippen molar-refractivity contribution in [2.45, 2.75) is 13.0 Å². The van der Waals surface area contributed by atoms with E-state index in [1.165, 1.54) is 6.07 Å². The molecule has 1 aromatic carbocycles. The van der Waals surface area contributed by atoms with E-state index in [9.17, 15) is 9.50 Å². The van der Waals surface area contributed by atoms with Crippen LogP contribution in [0, 0.1) is 5.82 Å². The van der Waals surface area contributed by atoms with Crippen LogP contribution >= 0.6 is 0 Å². The maximum Gasteiger partial charge on any atom is 0.133 e. The van der Waals surface area contributed by atoms with Gasteiger partial charge in [0.2, 0.25) is 0 Å². The lowest BCUT2D eigenvalue weighted by molar-refractivity contribution is 0.467. The standard InChI is InChI=1S/C12H15FN4O/c1-17-8-15-16-12(17)2-3-14-7-9-4-10(13)6-11(18)5-9/h4-6,8,14,18H,2-3,7H2,1H3. The van der Waals surface area contributed by atoms with Crippen LogP contribution in [-0.2, 0) is 20.0 Å². The molecule has 6 heteroatoms. The van der Waals surface area contributed by atoms with E-state index in [4.69, 9.17) is 0 Å². The number of hydrogen-bond donors (Lipinski definition) is 2. The van der Waals surface area contributed by atoms with E-state index in [0.29, 0.717) is 18.7 Å². The van der Waals surface area contributed by atoms with Crippen LogP contribution in [0.4, 0.5) is 4.39 Å². The molecule has 0 saturated heterocycles. The molecule has 2 aromatic rings. The Bertz CT molecular complexity index is 506. The van der Waals surface area contributed by atoms with Gasteiger partial charge in [0.1, 0.15) is 23.7 Å².